The van der Waals surface area contributed by atoms with Crippen molar-refractivity contribution >= 4 is 0 Å². The van der Waals surface area contributed by atoms with E-state index in [0.29, 0.717) is 23.5 Å². The molecule has 2 aromatic carbocycles. The summed E-state index contributed by atoms with van der Waals surface area (Å²) in [6, 6.07) is 8.06. The van der Waals surface area contributed by atoms with Crippen LogP contribution in [0.5, 0.6) is 0 Å². The van der Waals surface area contributed by atoms with Gasteiger partial charge in [-0.3, -0.25) is 4.39 Å². The highest BCUT2D eigenvalue weighted by atomic mass is 19.1. The molecular formula is C31H42F4. The van der Waals surface area contributed by atoms with Crippen molar-refractivity contribution in [1.82, 2.24) is 0 Å². The van der Waals surface area contributed by atoms with Crippen LogP contribution in [0, 0.1) is 41.1 Å². The molecule has 2 aromatic rings. The van der Waals surface area contributed by atoms with E-state index in [4.69, 9.17) is 0 Å². The van der Waals surface area contributed by atoms with Gasteiger partial charge >= 0.3 is 0 Å². The second-order valence-corrected chi connectivity index (χ2v) is 10.6. The monoisotopic (exact) mass is 490 g/mol. The van der Waals surface area contributed by atoms with Gasteiger partial charge in [0, 0.05) is 5.56 Å². The lowest BCUT2D eigenvalue weighted by atomic mass is 9.68. The third-order valence-corrected chi connectivity index (χ3v) is 8.34. The van der Waals surface area contributed by atoms with Gasteiger partial charge in [-0.25, -0.2) is 13.2 Å². The lowest BCUT2D eigenvalue weighted by molar-refractivity contribution is 0.138. The Kier molecular flexibility index (Phi) is 11.1. The standard InChI is InChI=1S/C17H31F.C14H11F3/c1-2-3-14-4-8-16(9-5-14)17-10-6-15(7-11-17)12-13-18;1-2-12-13(16)7-10(8-14(12)17)9-3-5-11(15)6-4-9/h14-17H,2-13H2,1H3;3-8H,2H2,1H3. The largest absolute Gasteiger partial charge is 0.251 e. The topological polar surface area (TPSA) is 0 Å². The van der Waals surface area contributed by atoms with Gasteiger partial charge in [0.1, 0.15) is 17.5 Å². The molecule has 0 aromatic heterocycles. The van der Waals surface area contributed by atoms with E-state index in [1.165, 1.54) is 101 Å². The Morgan fingerprint density at radius 2 is 1.14 bits per heavy atom. The molecule has 0 saturated heterocycles. The van der Waals surface area contributed by atoms with Crippen LogP contribution in [0.1, 0.15) is 90.0 Å². The van der Waals surface area contributed by atoms with Crippen LogP contribution >= 0.6 is 0 Å². The fourth-order valence-electron chi connectivity index (χ4n) is 6.21. The summed E-state index contributed by atoms with van der Waals surface area (Å²) in [5, 5.41) is 0. The Hall–Kier alpha value is -1.84. The van der Waals surface area contributed by atoms with E-state index in [2.05, 4.69) is 6.92 Å². The predicted molar refractivity (Wildman–Crippen MR) is 138 cm³/mol. The molecular weight excluding hydrogens is 448 g/mol. The zero-order valence-corrected chi connectivity index (χ0v) is 21.5. The molecule has 4 rings (SSSR count). The third kappa shape index (κ3) is 8.08. The van der Waals surface area contributed by atoms with Crippen molar-refractivity contribution in [3.8, 4) is 11.1 Å². The van der Waals surface area contributed by atoms with Gasteiger partial charge in [-0.2, -0.15) is 0 Å². The normalized spacial score (nSPS) is 24.5. The van der Waals surface area contributed by atoms with Crippen molar-refractivity contribution in [2.45, 2.75) is 90.9 Å². The fourth-order valence-corrected chi connectivity index (χ4v) is 6.21. The maximum atomic E-state index is 13.6. The van der Waals surface area contributed by atoms with Gasteiger partial charge in [0.25, 0.3) is 0 Å². The first-order chi connectivity index (χ1) is 16.9. The molecule has 2 saturated carbocycles. The third-order valence-electron chi connectivity index (χ3n) is 8.34. The average molecular weight is 491 g/mol. The van der Waals surface area contributed by atoms with Crippen LogP contribution in [0.3, 0.4) is 0 Å². The number of alkyl halides is 1. The van der Waals surface area contributed by atoms with E-state index in [-0.39, 0.29) is 18.1 Å². The summed E-state index contributed by atoms with van der Waals surface area (Å²) < 4.78 is 52.2. The first-order valence-electron chi connectivity index (χ1n) is 13.7. The van der Waals surface area contributed by atoms with Gasteiger partial charge < -0.3 is 0 Å². The summed E-state index contributed by atoms with van der Waals surface area (Å²) in [4.78, 5) is 0. The fraction of sp³-hybridized carbons (Fsp3) is 0.613. The van der Waals surface area contributed by atoms with Crippen LogP contribution in [0.4, 0.5) is 17.6 Å². The van der Waals surface area contributed by atoms with Gasteiger partial charge in [-0.05, 0) is 97.6 Å². The second-order valence-electron chi connectivity index (χ2n) is 10.6. The molecule has 0 radical (unpaired) electrons. The maximum Gasteiger partial charge on any atom is 0.129 e. The predicted octanol–water partition coefficient (Wildman–Crippen LogP) is 10.1. The molecule has 0 nitrogen and oxygen atoms in total. The Bertz CT molecular complexity index is 828. The van der Waals surface area contributed by atoms with Crippen molar-refractivity contribution in [2.24, 2.45) is 23.7 Å². The molecule has 194 valence electrons. The van der Waals surface area contributed by atoms with Crippen molar-refractivity contribution in [3.05, 3.63) is 59.4 Å². The molecule has 35 heavy (non-hydrogen) atoms. The lowest BCUT2D eigenvalue weighted by Gasteiger charge is -2.37. The van der Waals surface area contributed by atoms with E-state index >= 15 is 0 Å². The molecule has 2 aliphatic carbocycles. The smallest absolute Gasteiger partial charge is 0.129 e. The number of halogens is 4. The summed E-state index contributed by atoms with van der Waals surface area (Å²) in [6.45, 7) is 3.91. The van der Waals surface area contributed by atoms with E-state index < -0.39 is 11.6 Å². The van der Waals surface area contributed by atoms with Gasteiger partial charge in [0.05, 0.1) is 6.67 Å². The summed E-state index contributed by atoms with van der Waals surface area (Å²) in [5.41, 5.74) is 1.08. The molecule has 2 fully saturated rings. The number of hydrogen-bond donors (Lipinski definition) is 0. The van der Waals surface area contributed by atoms with Crippen LogP contribution in [0.2, 0.25) is 0 Å². The van der Waals surface area contributed by atoms with Gasteiger partial charge in [0.2, 0.25) is 0 Å². The molecule has 0 aliphatic heterocycles. The van der Waals surface area contributed by atoms with Crippen LogP contribution in [-0.2, 0) is 6.42 Å². The van der Waals surface area contributed by atoms with E-state index in [0.717, 1.165) is 24.2 Å². The molecule has 0 spiro atoms. The SMILES string of the molecule is CCCC1CCC(C2CCC(CCF)CC2)CC1.CCc1c(F)cc(-c2ccc(F)cc2)cc1F. The van der Waals surface area contributed by atoms with Crippen LogP contribution in [0.25, 0.3) is 11.1 Å². The Labute approximate surface area is 209 Å². The van der Waals surface area contributed by atoms with Gasteiger partial charge in [-0.15, -0.1) is 0 Å². The number of benzene rings is 2. The van der Waals surface area contributed by atoms with Crippen LogP contribution in [0.15, 0.2) is 36.4 Å². The number of hydrogen-bond acceptors (Lipinski definition) is 0. The minimum absolute atomic E-state index is 0.0795. The Balaban J connectivity index is 0.000000196. The Morgan fingerprint density at radius 3 is 1.57 bits per heavy atom. The first kappa shape index (κ1) is 27.7. The zero-order valence-electron chi connectivity index (χ0n) is 21.5. The molecule has 0 amide bonds. The van der Waals surface area contributed by atoms with E-state index in [1.807, 2.05) is 0 Å². The minimum atomic E-state index is -0.563. The molecule has 0 N–H and O–H groups in total. The quantitative estimate of drug-likeness (QED) is 0.339. The van der Waals surface area contributed by atoms with Crippen LogP contribution < -0.4 is 0 Å². The lowest BCUT2D eigenvalue weighted by Crippen LogP contribution is -2.26. The molecule has 0 heterocycles. The summed E-state index contributed by atoms with van der Waals surface area (Å²) in [6.07, 6.45) is 15.3. The summed E-state index contributed by atoms with van der Waals surface area (Å²) >= 11 is 0. The Morgan fingerprint density at radius 1 is 0.657 bits per heavy atom. The highest BCUT2D eigenvalue weighted by Gasteiger charge is 2.30. The molecule has 0 unspecified atom stereocenters. The van der Waals surface area contributed by atoms with E-state index in [1.54, 1.807) is 6.92 Å². The highest BCUT2D eigenvalue weighted by Crippen LogP contribution is 2.42. The van der Waals surface area contributed by atoms with Gasteiger partial charge in [-0.1, -0.05) is 64.5 Å². The van der Waals surface area contributed by atoms with Crippen LogP contribution in [-0.4, -0.2) is 6.67 Å². The molecule has 4 heteroatoms. The number of rotatable bonds is 7. The second kappa shape index (κ2) is 14.0. The zero-order chi connectivity index (χ0) is 25.2. The maximum absolute atomic E-state index is 13.6. The van der Waals surface area contributed by atoms with Crippen molar-refractivity contribution in [1.29, 1.82) is 0 Å². The van der Waals surface area contributed by atoms with E-state index in [9.17, 15) is 17.6 Å². The summed E-state index contributed by atoms with van der Waals surface area (Å²) in [5.74, 6) is 2.25. The van der Waals surface area contributed by atoms with Crippen molar-refractivity contribution in [3.63, 3.8) is 0 Å². The minimum Gasteiger partial charge on any atom is -0.251 e. The van der Waals surface area contributed by atoms with Gasteiger partial charge in [0.15, 0.2) is 0 Å². The molecule has 0 bridgehead atoms. The highest BCUT2D eigenvalue weighted by molar-refractivity contribution is 5.64. The molecule has 2 aliphatic rings. The summed E-state index contributed by atoms with van der Waals surface area (Å²) in [7, 11) is 0. The average Bonchev–Trinajstić information content (AvgIpc) is 2.86. The van der Waals surface area contributed by atoms with Crippen molar-refractivity contribution in [2.75, 3.05) is 6.67 Å². The first-order valence-corrected chi connectivity index (χ1v) is 13.7. The van der Waals surface area contributed by atoms with Crippen molar-refractivity contribution < 1.29 is 17.6 Å². The molecule has 0 atom stereocenters.